The van der Waals surface area contributed by atoms with Crippen LogP contribution in [0.25, 0.3) is 0 Å². The Morgan fingerprint density at radius 2 is 1.64 bits per heavy atom. The normalized spacial score (nSPS) is 11.4. The second kappa shape index (κ2) is 5.93. The van der Waals surface area contributed by atoms with Crippen molar-refractivity contribution in [3.05, 3.63) is 0 Å². The number of amides is 1. The molecule has 14 heavy (non-hydrogen) atoms. The van der Waals surface area contributed by atoms with Crippen LogP contribution in [0.2, 0.25) is 0 Å². The predicted molar refractivity (Wildman–Crippen MR) is 48.5 cm³/mol. The summed E-state index contributed by atoms with van der Waals surface area (Å²) in [5.74, 6) is 0. The molecule has 0 radical (unpaired) electrons. The molecule has 84 valence electrons. The lowest BCUT2D eigenvalue weighted by molar-refractivity contribution is 0.0139. The predicted octanol–water partition coefficient (Wildman–Crippen LogP) is -0.0549. The van der Waals surface area contributed by atoms with Gasteiger partial charge < -0.3 is 23.1 Å². The molecule has 0 saturated heterocycles. The Bertz CT molecular complexity index is 177. The Morgan fingerprint density at radius 3 is 1.86 bits per heavy atom. The first-order valence-corrected chi connectivity index (χ1v) is 5.40. The third-order valence-electron chi connectivity index (χ3n) is 1.59. The van der Waals surface area contributed by atoms with Gasteiger partial charge in [0.2, 0.25) is 0 Å². The number of methoxy groups -OCH3 is 1. The van der Waals surface area contributed by atoms with E-state index >= 15 is 0 Å². The first kappa shape index (κ1) is 13.3. The number of nitrogens with zero attached hydrogens (tertiary/aromatic N) is 1. The van der Waals surface area contributed by atoms with Gasteiger partial charge in [0.1, 0.15) is 6.73 Å². The summed E-state index contributed by atoms with van der Waals surface area (Å²) in [6.45, 7) is -0.170. The van der Waals surface area contributed by atoms with Gasteiger partial charge in [-0.2, -0.15) is 0 Å². The van der Waals surface area contributed by atoms with Crippen LogP contribution in [-0.4, -0.2) is 59.9 Å². The molecule has 0 aliphatic carbocycles. The Balaban J connectivity index is 4.79. The number of ether oxygens (including phenoxy) is 1. The van der Waals surface area contributed by atoms with E-state index in [1.54, 1.807) is 0 Å². The van der Waals surface area contributed by atoms with Gasteiger partial charge in [-0.15, -0.1) is 0 Å². The highest BCUT2D eigenvalue weighted by molar-refractivity contribution is 6.60. The minimum absolute atomic E-state index is 0.170. The van der Waals surface area contributed by atoms with Gasteiger partial charge in [0, 0.05) is 28.4 Å². The van der Waals surface area contributed by atoms with Crippen molar-refractivity contribution in [1.29, 1.82) is 0 Å². The second-order valence-corrected chi connectivity index (χ2v) is 5.08. The van der Waals surface area contributed by atoms with Gasteiger partial charge >= 0.3 is 15.1 Å². The van der Waals surface area contributed by atoms with Crippen LogP contribution in [0.4, 0.5) is 4.79 Å². The second-order valence-electron chi connectivity index (χ2n) is 2.26. The van der Waals surface area contributed by atoms with Gasteiger partial charge in [0.05, 0.1) is 0 Å². The van der Waals surface area contributed by atoms with E-state index < -0.39 is 15.1 Å². The average molecular weight is 225 g/mol. The maximum atomic E-state index is 10.9. The van der Waals surface area contributed by atoms with Gasteiger partial charge in [0.15, 0.2) is 0 Å². The summed E-state index contributed by atoms with van der Waals surface area (Å²) in [5.41, 5.74) is 0. The number of carboxylic acid groups (broad SMARTS) is 1. The van der Waals surface area contributed by atoms with Gasteiger partial charge in [-0.25, -0.2) is 9.36 Å². The summed E-state index contributed by atoms with van der Waals surface area (Å²) in [4.78, 5) is 10.9. The first-order chi connectivity index (χ1) is 6.57. The molecule has 0 bridgehead atoms. The zero-order valence-corrected chi connectivity index (χ0v) is 9.64. The van der Waals surface area contributed by atoms with Gasteiger partial charge in [0.25, 0.3) is 0 Å². The third-order valence-corrected chi connectivity index (χ3v) is 4.12. The van der Waals surface area contributed by atoms with Crippen LogP contribution in [0, 0.1) is 0 Å². The highest BCUT2D eigenvalue weighted by Gasteiger charge is 2.50. The van der Waals surface area contributed by atoms with Crippen molar-refractivity contribution in [2.45, 2.75) is 0 Å². The van der Waals surface area contributed by atoms with E-state index in [9.17, 15) is 4.79 Å². The van der Waals surface area contributed by atoms with E-state index in [2.05, 4.69) is 0 Å². The molecule has 0 aromatic rings. The molecule has 0 aromatic carbocycles. The number of rotatable bonds is 6. The summed E-state index contributed by atoms with van der Waals surface area (Å²) in [6, 6.07) is 0. The number of carbonyl (C=O) groups is 1. The molecule has 0 fully saturated rings. The lowest BCUT2D eigenvalue weighted by atomic mass is 11.0. The van der Waals surface area contributed by atoms with Crippen LogP contribution in [-0.2, 0) is 18.0 Å². The van der Waals surface area contributed by atoms with Crippen molar-refractivity contribution in [2.24, 2.45) is 0 Å². The fourth-order valence-electron chi connectivity index (χ4n) is 0.961. The highest BCUT2D eigenvalue weighted by atomic mass is 28.4. The lowest BCUT2D eigenvalue weighted by Crippen LogP contribution is -2.61. The molecular weight excluding hydrogens is 210 g/mol. The van der Waals surface area contributed by atoms with Crippen molar-refractivity contribution >= 4 is 15.1 Å². The molecule has 0 spiro atoms. The Hall–Kier alpha value is -0.673. The zero-order valence-electron chi connectivity index (χ0n) is 8.64. The minimum atomic E-state index is -3.32. The van der Waals surface area contributed by atoms with Gasteiger partial charge in [-0.1, -0.05) is 0 Å². The van der Waals surface area contributed by atoms with Crippen LogP contribution >= 0.6 is 0 Å². The Kier molecular flexibility index (Phi) is 5.65. The molecule has 0 aromatic heterocycles. The van der Waals surface area contributed by atoms with E-state index in [4.69, 9.17) is 23.1 Å². The minimum Gasteiger partial charge on any atom is -0.465 e. The van der Waals surface area contributed by atoms with Crippen LogP contribution in [0.3, 0.4) is 0 Å². The zero-order chi connectivity index (χ0) is 11.2. The first-order valence-electron chi connectivity index (χ1n) is 3.73. The van der Waals surface area contributed by atoms with Crippen LogP contribution in [0.5, 0.6) is 0 Å². The Labute approximate surface area is 83.6 Å². The molecule has 0 aliphatic heterocycles. The topological polar surface area (TPSA) is 77.5 Å². The monoisotopic (exact) mass is 225 g/mol. The summed E-state index contributed by atoms with van der Waals surface area (Å²) >= 11 is 0. The largest absolute Gasteiger partial charge is 0.639 e. The number of hydrogen-bond donors (Lipinski definition) is 1. The van der Waals surface area contributed by atoms with Crippen molar-refractivity contribution < 1.29 is 27.9 Å². The molecular formula is C6H15NO6Si. The quantitative estimate of drug-likeness (QED) is 0.504. The van der Waals surface area contributed by atoms with Crippen molar-refractivity contribution in [3.8, 4) is 0 Å². The molecule has 7 nitrogen and oxygen atoms in total. The fourth-order valence-corrected chi connectivity index (χ4v) is 2.64. The molecule has 0 unspecified atom stereocenters. The molecule has 0 rings (SSSR count). The summed E-state index contributed by atoms with van der Waals surface area (Å²) in [7, 11) is 2.02. The summed E-state index contributed by atoms with van der Waals surface area (Å²) in [5, 5.41) is 8.87. The van der Waals surface area contributed by atoms with E-state index in [-0.39, 0.29) is 6.73 Å². The molecule has 0 aliphatic rings. The maximum absolute atomic E-state index is 10.9. The van der Waals surface area contributed by atoms with Crippen LogP contribution in [0.1, 0.15) is 0 Å². The standard InChI is InChI=1S/C6H15NO6Si/c1-10-5-7(6(8)9)14(11-2,12-3)13-4/h5H2,1-4H3,(H,8,9). The highest BCUT2D eigenvalue weighted by Crippen LogP contribution is 2.12. The van der Waals surface area contributed by atoms with Crippen molar-refractivity contribution in [2.75, 3.05) is 35.2 Å². The smallest absolute Gasteiger partial charge is 0.465 e. The summed E-state index contributed by atoms with van der Waals surface area (Å²) < 4.78 is 20.5. The average Bonchev–Trinajstić information content (AvgIpc) is 2.19. The molecule has 1 amide bonds. The van der Waals surface area contributed by atoms with Crippen molar-refractivity contribution in [3.63, 3.8) is 0 Å². The molecule has 0 saturated carbocycles. The van der Waals surface area contributed by atoms with Crippen molar-refractivity contribution in [1.82, 2.24) is 4.57 Å². The van der Waals surface area contributed by atoms with Gasteiger partial charge in [-0.05, 0) is 0 Å². The van der Waals surface area contributed by atoms with E-state index in [0.29, 0.717) is 0 Å². The van der Waals surface area contributed by atoms with Gasteiger partial charge in [-0.3, -0.25) is 0 Å². The maximum Gasteiger partial charge on any atom is 0.639 e. The van der Waals surface area contributed by atoms with E-state index in [1.807, 2.05) is 0 Å². The molecule has 0 atom stereocenters. The lowest BCUT2D eigenvalue weighted by Gasteiger charge is -2.32. The fraction of sp³-hybridized carbons (Fsp3) is 0.833. The van der Waals surface area contributed by atoms with Crippen LogP contribution < -0.4 is 0 Å². The Morgan fingerprint density at radius 1 is 1.21 bits per heavy atom. The number of hydrogen-bond acceptors (Lipinski definition) is 5. The SMILES string of the molecule is COCN(C(=O)O)[Si](OC)(OC)OC. The molecule has 8 heteroatoms. The van der Waals surface area contributed by atoms with Crippen LogP contribution in [0.15, 0.2) is 0 Å². The molecule has 0 heterocycles. The summed E-state index contributed by atoms with van der Waals surface area (Å²) in [6.07, 6.45) is -1.22. The molecule has 1 N–H and O–H groups in total. The third kappa shape index (κ3) is 2.66. The van der Waals surface area contributed by atoms with E-state index in [1.165, 1.54) is 28.4 Å². The van der Waals surface area contributed by atoms with E-state index in [0.717, 1.165) is 4.57 Å².